The van der Waals surface area contributed by atoms with Crippen LogP contribution in [0.4, 0.5) is 11.4 Å². The van der Waals surface area contributed by atoms with Gasteiger partial charge in [-0.05, 0) is 82.3 Å². The van der Waals surface area contributed by atoms with Gasteiger partial charge >= 0.3 is 0 Å². The minimum Gasteiger partial charge on any atom is -0.355 e. The molecule has 5 aromatic carbocycles. The Hall–Kier alpha value is -3.84. The van der Waals surface area contributed by atoms with Crippen molar-refractivity contribution in [3.05, 3.63) is 120 Å². The molecule has 0 fully saturated rings. The zero-order valence-corrected chi connectivity index (χ0v) is 17.9. The smallest absolute Gasteiger partial charge is 0.0417 e. The molecular formula is C30H25N. The molecule has 0 spiro atoms. The molecule has 5 aromatic rings. The molecule has 0 radical (unpaired) electrons. The van der Waals surface area contributed by atoms with E-state index < -0.39 is 0 Å². The van der Waals surface area contributed by atoms with Crippen LogP contribution in [0.15, 0.2) is 109 Å². The fraction of sp³-hybridized carbons (Fsp3) is 0.0667. The average Bonchev–Trinajstić information content (AvgIpc) is 2.81. The molecule has 0 heterocycles. The van der Waals surface area contributed by atoms with E-state index in [1.165, 1.54) is 44.2 Å². The molecule has 1 nitrogen and oxygen atoms in total. The van der Waals surface area contributed by atoms with Gasteiger partial charge in [0.05, 0.1) is 0 Å². The Morgan fingerprint density at radius 3 is 2.10 bits per heavy atom. The van der Waals surface area contributed by atoms with Gasteiger partial charge in [-0.1, -0.05) is 84.9 Å². The summed E-state index contributed by atoms with van der Waals surface area (Å²) in [6.07, 6.45) is 0. The summed E-state index contributed by atoms with van der Waals surface area (Å²) in [6.45, 7) is 4.35. The number of rotatable bonds is 4. The quantitative estimate of drug-likeness (QED) is 0.319. The Morgan fingerprint density at radius 2 is 1.23 bits per heavy atom. The van der Waals surface area contributed by atoms with Crippen LogP contribution in [0.2, 0.25) is 0 Å². The van der Waals surface area contributed by atoms with Crippen LogP contribution >= 0.6 is 0 Å². The van der Waals surface area contributed by atoms with Crippen LogP contribution < -0.4 is 5.32 Å². The maximum atomic E-state index is 3.65. The van der Waals surface area contributed by atoms with Gasteiger partial charge in [-0.25, -0.2) is 0 Å². The molecule has 0 aliphatic carbocycles. The Morgan fingerprint density at radius 1 is 0.516 bits per heavy atom. The highest BCUT2D eigenvalue weighted by Gasteiger charge is 2.08. The Bertz CT molecular complexity index is 1360. The third-order valence-corrected chi connectivity index (χ3v) is 5.90. The van der Waals surface area contributed by atoms with Gasteiger partial charge < -0.3 is 5.32 Å². The summed E-state index contributed by atoms with van der Waals surface area (Å²) < 4.78 is 0. The predicted molar refractivity (Wildman–Crippen MR) is 134 cm³/mol. The molecule has 0 bridgehead atoms. The van der Waals surface area contributed by atoms with Crippen molar-refractivity contribution >= 4 is 22.1 Å². The van der Waals surface area contributed by atoms with E-state index in [0.29, 0.717) is 0 Å². The van der Waals surface area contributed by atoms with Crippen LogP contribution in [0.25, 0.3) is 33.0 Å². The summed E-state index contributed by atoms with van der Waals surface area (Å²) in [6, 6.07) is 38.9. The fourth-order valence-corrected chi connectivity index (χ4v) is 4.28. The van der Waals surface area contributed by atoms with Crippen molar-refractivity contribution in [2.45, 2.75) is 13.8 Å². The number of anilines is 2. The van der Waals surface area contributed by atoms with Gasteiger partial charge in [-0.3, -0.25) is 0 Å². The van der Waals surface area contributed by atoms with Crippen molar-refractivity contribution in [3.8, 4) is 22.3 Å². The largest absolute Gasteiger partial charge is 0.355 e. The third-order valence-electron chi connectivity index (χ3n) is 5.90. The Kier molecular flexibility index (Phi) is 5.01. The standard InChI is InChI=1S/C30H25N/c1-21-19-30(22(2)18-29(21)24-10-4-3-5-11-24)31-26-15-8-14-25(20-26)28-17-9-13-23-12-6-7-16-27(23)28/h3-20,31H,1-2H3. The van der Waals surface area contributed by atoms with Crippen LogP contribution in [-0.4, -0.2) is 0 Å². The predicted octanol–water partition coefficient (Wildman–Crippen LogP) is 8.53. The van der Waals surface area contributed by atoms with Crippen molar-refractivity contribution in [1.29, 1.82) is 0 Å². The second kappa shape index (κ2) is 8.12. The summed E-state index contributed by atoms with van der Waals surface area (Å²) in [5, 5.41) is 6.19. The van der Waals surface area contributed by atoms with Crippen LogP contribution in [0.1, 0.15) is 11.1 Å². The van der Waals surface area contributed by atoms with Crippen LogP contribution in [0.5, 0.6) is 0 Å². The van der Waals surface area contributed by atoms with Gasteiger partial charge in [0.2, 0.25) is 0 Å². The maximum Gasteiger partial charge on any atom is 0.0417 e. The monoisotopic (exact) mass is 399 g/mol. The number of benzene rings is 5. The molecule has 0 aliphatic heterocycles. The zero-order chi connectivity index (χ0) is 21.2. The Balaban J connectivity index is 1.50. The molecular weight excluding hydrogens is 374 g/mol. The normalized spacial score (nSPS) is 10.9. The first-order valence-corrected chi connectivity index (χ1v) is 10.7. The minimum absolute atomic E-state index is 1.10. The van der Waals surface area contributed by atoms with E-state index in [2.05, 4.69) is 128 Å². The molecule has 1 N–H and O–H groups in total. The first kappa shape index (κ1) is 19.1. The van der Waals surface area contributed by atoms with E-state index in [4.69, 9.17) is 0 Å². The summed E-state index contributed by atoms with van der Waals surface area (Å²) in [7, 11) is 0. The van der Waals surface area contributed by atoms with Crippen molar-refractivity contribution in [2.24, 2.45) is 0 Å². The number of hydrogen-bond acceptors (Lipinski definition) is 1. The van der Waals surface area contributed by atoms with Crippen molar-refractivity contribution in [1.82, 2.24) is 0 Å². The van der Waals surface area contributed by atoms with Crippen LogP contribution in [-0.2, 0) is 0 Å². The molecule has 0 amide bonds. The molecule has 31 heavy (non-hydrogen) atoms. The van der Waals surface area contributed by atoms with Gasteiger partial charge in [0.15, 0.2) is 0 Å². The lowest BCUT2D eigenvalue weighted by Crippen LogP contribution is -1.96. The third kappa shape index (κ3) is 3.83. The van der Waals surface area contributed by atoms with E-state index in [0.717, 1.165) is 11.4 Å². The molecule has 0 saturated heterocycles. The van der Waals surface area contributed by atoms with Crippen molar-refractivity contribution < 1.29 is 0 Å². The SMILES string of the molecule is Cc1cc(-c2ccccc2)c(C)cc1Nc1cccc(-c2cccc3ccccc23)c1. The van der Waals surface area contributed by atoms with Gasteiger partial charge in [0.25, 0.3) is 0 Å². The number of hydrogen-bond donors (Lipinski definition) is 1. The topological polar surface area (TPSA) is 12.0 Å². The lowest BCUT2D eigenvalue weighted by molar-refractivity contribution is 1.37. The fourth-order valence-electron chi connectivity index (χ4n) is 4.28. The number of aryl methyl sites for hydroxylation is 2. The molecule has 150 valence electrons. The van der Waals surface area contributed by atoms with E-state index in [1.807, 2.05) is 0 Å². The average molecular weight is 400 g/mol. The molecule has 5 rings (SSSR count). The summed E-state index contributed by atoms with van der Waals surface area (Å²) in [5.41, 5.74) is 9.77. The summed E-state index contributed by atoms with van der Waals surface area (Å²) in [4.78, 5) is 0. The van der Waals surface area contributed by atoms with Gasteiger partial charge in [0.1, 0.15) is 0 Å². The lowest BCUT2D eigenvalue weighted by Gasteiger charge is -2.15. The van der Waals surface area contributed by atoms with Gasteiger partial charge in [-0.2, -0.15) is 0 Å². The second-order valence-electron chi connectivity index (χ2n) is 8.08. The highest BCUT2D eigenvalue weighted by molar-refractivity contribution is 5.97. The lowest BCUT2D eigenvalue weighted by atomic mass is 9.96. The Labute approximate surface area is 184 Å². The molecule has 0 unspecified atom stereocenters. The first-order valence-electron chi connectivity index (χ1n) is 10.7. The number of fused-ring (bicyclic) bond motifs is 1. The van der Waals surface area contributed by atoms with E-state index >= 15 is 0 Å². The summed E-state index contributed by atoms with van der Waals surface area (Å²) in [5.74, 6) is 0. The van der Waals surface area contributed by atoms with Crippen molar-refractivity contribution in [3.63, 3.8) is 0 Å². The first-order chi connectivity index (χ1) is 15.2. The van der Waals surface area contributed by atoms with Gasteiger partial charge in [-0.15, -0.1) is 0 Å². The molecule has 0 atom stereocenters. The number of nitrogens with one attached hydrogen (secondary N) is 1. The van der Waals surface area contributed by atoms with Crippen molar-refractivity contribution in [2.75, 3.05) is 5.32 Å². The summed E-state index contributed by atoms with van der Waals surface area (Å²) >= 11 is 0. The molecule has 1 heteroatoms. The van der Waals surface area contributed by atoms with E-state index in [-0.39, 0.29) is 0 Å². The zero-order valence-electron chi connectivity index (χ0n) is 17.9. The highest BCUT2D eigenvalue weighted by atomic mass is 14.9. The second-order valence-corrected chi connectivity index (χ2v) is 8.08. The minimum atomic E-state index is 1.10. The van der Waals surface area contributed by atoms with Gasteiger partial charge in [0, 0.05) is 11.4 Å². The molecule has 0 aliphatic rings. The molecule has 0 saturated carbocycles. The van der Waals surface area contributed by atoms with Crippen LogP contribution in [0, 0.1) is 13.8 Å². The van der Waals surface area contributed by atoms with E-state index in [1.54, 1.807) is 0 Å². The molecule has 0 aromatic heterocycles. The highest BCUT2D eigenvalue weighted by Crippen LogP contribution is 2.33. The maximum absolute atomic E-state index is 3.65. The van der Waals surface area contributed by atoms with E-state index in [9.17, 15) is 0 Å². The van der Waals surface area contributed by atoms with Crippen LogP contribution in [0.3, 0.4) is 0 Å².